The van der Waals surface area contributed by atoms with Crippen molar-refractivity contribution in [2.45, 2.75) is 32.0 Å². The average Bonchev–Trinajstić information content (AvgIpc) is 3.12. The normalized spacial score (nSPS) is 11.9. The van der Waals surface area contributed by atoms with Gasteiger partial charge in [-0.2, -0.15) is 4.98 Å². The van der Waals surface area contributed by atoms with Gasteiger partial charge in [0, 0.05) is 11.1 Å². The Balaban J connectivity index is 1.50. The number of aryl methyl sites for hydroxylation is 2. The maximum absolute atomic E-state index is 13.1. The highest BCUT2D eigenvalue weighted by atomic mass is 32.2. The van der Waals surface area contributed by atoms with Crippen molar-refractivity contribution in [2.75, 3.05) is 11.1 Å². The van der Waals surface area contributed by atoms with Gasteiger partial charge in [0.15, 0.2) is 5.16 Å². The summed E-state index contributed by atoms with van der Waals surface area (Å²) in [4.78, 5) is 34.1. The fraction of sp³-hybridized carbons (Fsp3) is 0.200. The van der Waals surface area contributed by atoms with E-state index in [0.29, 0.717) is 33.4 Å². The van der Waals surface area contributed by atoms with Crippen molar-refractivity contribution in [2.24, 2.45) is 0 Å². The topological polar surface area (TPSA) is 97.1 Å². The predicted molar refractivity (Wildman–Crippen MR) is 129 cm³/mol. The number of furan rings is 1. The maximum Gasteiger partial charge on any atom is 0.256 e. The van der Waals surface area contributed by atoms with Crippen molar-refractivity contribution in [3.05, 3.63) is 82.9 Å². The lowest BCUT2D eigenvalue weighted by Crippen LogP contribution is -2.28. The molecule has 9 heteroatoms. The number of hydrogen-bond acceptors (Lipinski definition) is 6. The maximum atomic E-state index is 13.1. The number of halogens is 1. The van der Waals surface area contributed by atoms with Crippen molar-refractivity contribution in [3.63, 3.8) is 0 Å². The van der Waals surface area contributed by atoms with Gasteiger partial charge in [0.1, 0.15) is 17.4 Å². The molecule has 2 heterocycles. The average molecular weight is 479 g/mol. The summed E-state index contributed by atoms with van der Waals surface area (Å²) >= 11 is 1.13. The highest BCUT2D eigenvalue weighted by Crippen LogP contribution is 2.31. The molecule has 1 atom stereocenters. The van der Waals surface area contributed by atoms with E-state index < -0.39 is 0 Å². The molecule has 0 aliphatic rings. The van der Waals surface area contributed by atoms with Gasteiger partial charge >= 0.3 is 0 Å². The van der Waals surface area contributed by atoms with Gasteiger partial charge in [-0.25, -0.2) is 9.37 Å². The zero-order valence-corrected chi connectivity index (χ0v) is 19.7. The van der Waals surface area contributed by atoms with Crippen LogP contribution in [0.3, 0.4) is 0 Å². The van der Waals surface area contributed by atoms with Crippen molar-refractivity contribution >= 4 is 40.5 Å². The van der Waals surface area contributed by atoms with E-state index in [1.807, 2.05) is 26.8 Å². The smallest absolute Gasteiger partial charge is 0.256 e. The van der Waals surface area contributed by atoms with Gasteiger partial charge in [-0.05, 0) is 50.6 Å². The molecular weight excluding hydrogens is 455 g/mol. The lowest BCUT2D eigenvalue weighted by atomic mass is 10.1. The van der Waals surface area contributed by atoms with Crippen LogP contribution >= 0.6 is 11.8 Å². The molecule has 2 N–H and O–H groups in total. The fourth-order valence-electron chi connectivity index (χ4n) is 3.40. The Bertz CT molecular complexity index is 1340. The fourth-order valence-corrected chi connectivity index (χ4v) is 4.05. The van der Waals surface area contributed by atoms with E-state index in [9.17, 15) is 14.0 Å². The summed E-state index contributed by atoms with van der Waals surface area (Å²) in [6.07, 6.45) is 0. The molecule has 174 valence electrons. The molecule has 4 rings (SSSR count). The standard InChI is InChI=1S/C25H23FN4O3S/c1-14-16(3)33-24-21(14)22(28-23(32)18-7-5-4-6-8-18)29-25(30-24)34-13-20(31)27-15(2)17-9-11-19(26)12-10-17/h4-12,15H,13H2,1-3H3,(H,27,31)(H,28,29,30,32). The van der Waals surface area contributed by atoms with Crippen LogP contribution in [-0.4, -0.2) is 27.5 Å². The Morgan fingerprint density at radius 2 is 1.76 bits per heavy atom. The van der Waals surface area contributed by atoms with E-state index in [1.165, 1.54) is 12.1 Å². The van der Waals surface area contributed by atoms with Crippen LogP contribution in [0.4, 0.5) is 10.2 Å². The van der Waals surface area contributed by atoms with Gasteiger partial charge in [0.25, 0.3) is 5.91 Å². The summed E-state index contributed by atoms with van der Waals surface area (Å²) < 4.78 is 18.9. The molecule has 4 aromatic rings. The zero-order valence-electron chi connectivity index (χ0n) is 18.9. The van der Waals surface area contributed by atoms with E-state index in [0.717, 1.165) is 22.9 Å². The molecular formula is C25H23FN4O3S. The number of anilines is 1. The van der Waals surface area contributed by atoms with Gasteiger partial charge in [0.05, 0.1) is 17.2 Å². The Hall–Kier alpha value is -3.72. The van der Waals surface area contributed by atoms with Gasteiger partial charge in [-0.3, -0.25) is 9.59 Å². The second-order valence-corrected chi connectivity index (χ2v) is 8.71. The molecule has 0 bridgehead atoms. The number of rotatable bonds is 7. The van der Waals surface area contributed by atoms with Crippen molar-refractivity contribution in [1.29, 1.82) is 0 Å². The first kappa shape index (κ1) is 23.4. The first-order valence-corrected chi connectivity index (χ1v) is 11.6. The first-order chi connectivity index (χ1) is 16.3. The third kappa shape index (κ3) is 5.26. The molecule has 2 amide bonds. The molecule has 0 saturated carbocycles. The van der Waals surface area contributed by atoms with Gasteiger partial charge in [-0.1, -0.05) is 42.1 Å². The number of carbonyl (C=O) groups excluding carboxylic acids is 2. The van der Waals surface area contributed by atoms with Crippen LogP contribution in [-0.2, 0) is 4.79 Å². The number of amides is 2. The van der Waals surface area contributed by atoms with E-state index in [2.05, 4.69) is 20.6 Å². The third-order valence-electron chi connectivity index (χ3n) is 5.36. The summed E-state index contributed by atoms with van der Waals surface area (Å²) in [5, 5.41) is 6.65. The van der Waals surface area contributed by atoms with E-state index in [-0.39, 0.29) is 29.4 Å². The Morgan fingerprint density at radius 1 is 1.06 bits per heavy atom. The number of nitrogens with one attached hydrogen (secondary N) is 2. The first-order valence-electron chi connectivity index (χ1n) is 10.6. The van der Waals surface area contributed by atoms with Crippen molar-refractivity contribution < 1.29 is 18.4 Å². The van der Waals surface area contributed by atoms with E-state index in [4.69, 9.17) is 4.42 Å². The minimum Gasteiger partial charge on any atom is -0.443 e. The molecule has 0 fully saturated rings. The summed E-state index contributed by atoms with van der Waals surface area (Å²) in [6.45, 7) is 5.51. The molecule has 0 radical (unpaired) electrons. The Kier molecular flexibility index (Phi) is 6.93. The van der Waals surface area contributed by atoms with E-state index in [1.54, 1.807) is 36.4 Å². The number of benzene rings is 2. The van der Waals surface area contributed by atoms with Gasteiger partial charge in [0.2, 0.25) is 11.6 Å². The quantitative estimate of drug-likeness (QED) is 0.280. The molecule has 0 saturated heterocycles. The Labute approximate surface area is 200 Å². The molecule has 2 aromatic heterocycles. The monoisotopic (exact) mass is 478 g/mol. The number of carbonyl (C=O) groups is 2. The number of fused-ring (bicyclic) bond motifs is 1. The minimum atomic E-state index is -0.330. The van der Waals surface area contributed by atoms with Crippen molar-refractivity contribution in [3.8, 4) is 0 Å². The molecule has 0 aliphatic heterocycles. The molecule has 2 aromatic carbocycles. The number of aromatic nitrogens is 2. The molecule has 7 nitrogen and oxygen atoms in total. The van der Waals surface area contributed by atoms with Gasteiger partial charge < -0.3 is 15.1 Å². The Morgan fingerprint density at radius 3 is 2.47 bits per heavy atom. The number of hydrogen-bond donors (Lipinski definition) is 2. The molecule has 0 spiro atoms. The predicted octanol–water partition coefficient (Wildman–Crippen LogP) is 5.20. The van der Waals surface area contributed by atoms with Crippen LogP contribution in [0.25, 0.3) is 11.1 Å². The van der Waals surface area contributed by atoms with Crippen LogP contribution in [0.2, 0.25) is 0 Å². The molecule has 1 unspecified atom stereocenters. The van der Waals surface area contributed by atoms with Gasteiger partial charge in [-0.15, -0.1) is 0 Å². The highest BCUT2D eigenvalue weighted by Gasteiger charge is 2.19. The summed E-state index contributed by atoms with van der Waals surface area (Å²) in [6, 6.07) is 14.5. The summed E-state index contributed by atoms with van der Waals surface area (Å²) in [5.41, 5.74) is 2.47. The second-order valence-electron chi connectivity index (χ2n) is 7.77. The van der Waals surface area contributed by atoms with E-state index >= 15 is 0 Å². The van der Waals surface area contributed by atoms with Crippen LogP contribution in [0.5, 0.6) is 0 Å². The molecule has 0 aliphatic carbocycles. The largest absolute Gasteiger partial charge is 0.443 e. The molecule has 34 heavy (non-hydrogen) atoms. The summed E-state index contributed by atoms with van der Waals surface area (Å²) in [5.74, 6) is 0.196. The summed E-state index contributed by atoms with van der Waals surface area (Å²) in [7, 11) is 0. The van der Waals surface area contributed by atoms with Crippen LogP contribution in [0, 0.1) is 19.7 Å². The number of thioether (sulfide) groups is 1. The lowest BCUT2D eigenvalue weighted by Gasteiger charge is -2.14. The number of nitrogens with zero attached hydrogens (tertiary/aromatic N) is 2. The second kappa shape index (κ2) is 10.0. The van der Waals surface area contributed by atoms with Crippen molar-refractivity contribution in [1.82, 2.24) is 15.3 Å². The third-order valence-corrected chi connectivity index (χ3v) is 6.20. The van der Waals surface area contributed by atoms with Crippen LogP contribution in [0.1, 0.15) is 40.2 Å². The highest BCUT2D eigenvalue weighted by molar-refractivity contribution is 7.99. The van der Waals surface area contributed by atoms with Crippen LogP contribution < -0.4 is 10.6 Å². The SMILES string of the molecule is Cc1oc2nc(SCC(=O)NC(C)c3ccc(F)cc3)nc(NC(=O)c3ccccc3)c2c1C. The zero-order chi connectivity index (χ0) is 24.2. The lowest BCUT2D eigenvalue weighted by molar-refractivity contribution is -0.119. The van der Waals surface area contributed by atoms with Crippen LogP contribution in [0.15, 0.2) is 64.2 Å². The minimum absolute atomic E-state index is 0.0573.